The topological polar surface area (TPSA) is 19.0 Å². The van der Waals surface area contributed by atoms with Gasteiger partial charge in [-0.3, -0.25) is 4.90 Å². The SMILES string of the molecule is Cc1ccc2[nH]c3c(c2c1)CN(Cc1cccs1)CCC3. The smallest absolute Gasteiger partial charge is 0.0459 e. The van der Waals surface area contributed by atoms with Crippen molar-refractivity contribution < 1.29 is 0 Å². The van der Waals surface area contributed by atoms with Crippen LogP contribution in [0.4, 0.5) is 0 Å². The highest BCUT2D eigenvalue weighted by atomic mass is 32.1. The van der Waals surface area contributed by atoms with Gasteiger partial charge in [0.15, 0.2) is 0 Å². The third kappa shape index (κ3) is 2.52. The van der Waals surface area contributed by atoms with E-state index in [0.29, 0.717) is 0 Å². The summed E-state index contributed by atoms with van der Waals surface area (Å²) in [5, 5.41) is 3.59. The predicted molar refractivity (Wildman–Crippen MR) is 89.8 cm³/mol. The van der Waals surface area contributed by atoms with E-state index in [9.17, 15) is 0 Å². The number of hydrogen-bond donors (Lipinski definition) is 1. The van der Waals surface area contributed by atoms with E-state index in [4.69, 9.17) is 0 Å². The lowest BCUT2D eigenvalue weighted by molar-refractivity contribution is 0.264. The lowest BCUT2D eigenvalue weighted by atomic mass is 10.1. The van der Waals surface area contributed by atoms with Crippen molar-refractivity contribution in [3.63, 3.8) is 0 Å². The number of hydrogen-bond acceptors (Lipinski definition) is 2. The zero-order valence-corrected chi connectivity index (χ0v) is 13.2. The number of nitrogens with one attached hydrogen (secondary N) is 1. The van der Waals surface area contributed by atoms with Gasteiger partial charge in [0.1, 0.15) is 0 Å². The van der Waals surface area contributed by atoms with E-state index in [-0.39, 0.29) is 0 Å². The van der Waals surface area contributed by atoms with Crippen molar-refractivity contribution in [2.45, 2.75) is 32.9 Å². The molecular formula is C18H20N2S. The molecule has 0 fully saturated rings. The van der Waals surface area contributed by atoms with Gasteiger partial charge < -0.3 is 4.98 Å². The van der Waals surface area contributed by atoms with Gasteiger partial charge in [-0.1, -0.05) is 17.7 Å². The summed E-state index contributed by atoms with van der Waals surface area (Å²) in [5.74, 6) is 0. The summed E-state index contributed by atoms with van der Waals surface area (Å²) in [6.45, 7) is 5.51. The Labute approximate surface area is 129 Å². The Bertz CT molecular complexity index is 755. The number of aromatic nitrogens is 1. The van der Waals surface area contributed by atoms with E-state index in [2.05, 4.69) is 52.5 Å². The van der Waals surface area contributed by atoms with Gasteiger partial charge in [-0.05, 0) is 55.5 Å². The summed E-state index contributed by atoms with van der Waals surface area (Å²) >= 11 is 1.86. The summed E-state index contributed by atoms with van der Waals surface area (Å²) in [6, 6.07) is 11.2. The molecule has 108 valence electrons. The number of H-pyrrole nitrogens is 1. The maximum absolute atomic E-state index is 3.64. The molecule has 1 aliphatic heterocycles. The van der Waals surface area contributed by atoms with Crippen LogP contribution in [0, 0.1) is 6.92 Å². The molecule has 2 nitrogen and oxygen atoms in total. The summed E-state index contributed by atoms with van der Waals surface area (Å²) in [6.07, 6.45) is 2.41. The number of benzene rings is 1. The third-order valence-corrected chi connectivity index (χ3v) is 5.25. The van der Waals surface area contributed by atoms with Crippen molar-refractivity contribution in [3.05, 3.63) is 57.4 Å². The highest BCUT2D eigenvalue weighted by Gasteiger charge is 2.19. The van der Waals surface area contributed by atoms with Crippen LogP contribution in [0.1, 0.15) is 28.1 Å². The summed E-state index contributed by atoms with van der Waals surface area (Å²) in [5.41, 5.74) is 5.61. The highest BCUT2D eigenvalue weighted by molar-refractivity contribution is 7.09. The predicted octanol–water partition coefficient (Wildman–Crippen LogP) is 4.49. The molecule has 3 aromatic rings. The normalized spacial score (nSPS) is 16.0. The van der Waals surface area contributed by atoms with E-state index in [1.807, 2.05) is 11.3 Å². The summed E-state index contributed by atoms with van der Waals surface area (Å²) in [7, 11) is 0. The second-order valence-corrected chi connectivity index (χ2v) is 7.06. The molecule has 0 aliphatic carbocycles. The number of fused-ring (bicyclic) bond motifs is 3. The number of aryl methyl sites for hydroxylation is 2. The fraction of sp³-hybridized carbons (Fsp3) is 0.333. The first-order valence-corrected chi connectivity index (χ1v) is 8.52. The molecule has 0 radical (unpaired) electrons. The number of nitrogens with zero attached hydrogens (tertiary/aromatic N) is 1. The van der Waals surface area contributed by atoms with Gasteiger partial charge in [0.05, 0.1) is 0 Å². The quantitative estimate of drug-likeness (QED) is 0.738. The van der Waals surface area contributed by atoms with E-state index >= 15 is 0 Å². The Hall–Kier alpha value is -1.58. The van der Waals surface area contributed by atoms with Crippen LogP contribution in [0.3, 0.4) is 0 Å². The Morgan fingerprint density at radius 1 is 1.29 bits per heavy atom. The van der Waals surface area contributed by atoms with Crippen LogP contribution in [0.5, 0.6) is 0 Å². The van der Waals surface area contributed by atoms with Crippen molar-refractivity contribution in [1.29, 1.82) is 0 Å². The first-order chi connectivity index (χ1) is 10.3. The zero-order valence-electron chi connectivity index (χ0n) is 12.4. The van der Waals surface area contributed by atoms with Crippen LogP contribution >= 0.6 is 11.3 Å². The molecule has 0 saturated heterocycles. The fourth-order valence-corrected chi connectivity index (χ4v) is 4.10. The van der Waals surface area contributed by atoms with Crippen LogP contribution in [0.2, 0.25) is 0 Å². The van der Waals surface area contributed by atoms with Crippen molar-refractivity contribution in [2.24, 2.45) is 0 Å². The fourth-order valence-electron chi connectivity index (χ4n) is 3.35. The van der Waals surface area contributed by atoms with E-state index < -0.39 is 0 Å². The maximum atomic E-state index is 3.64. The monoisotopic (exact) mass is 296 g/mol. The van der Waals surface area contributed by atoms with Crippen molar-refractivity contribution >= 4 is 22.2 Å². The van der Waals surface area contributed by atoms with Gasteiger partial charge >= 0.3 is 0 Å². The van der Waals surface area contributed by atoms with E-state index in [0.717, 1.165) is 13.1 Å². The van der Waals surface area contributed by atoms with Crippen LogP contribution < -0.4 is 0 Å². The third-order valence-electron chi connectivity index (χ3n) is 4.39. The molecule has 1 N–H and O–H groups in total. The van der Waals surface area contributed by atoms with Gasteiger partial charge in [-0.2, -0.15) is 0 Å². The Morgan fingerprint density at radius 2 is 2.24 bits per heavy atom. The lowest BCUT2D eigenvalue weighted by Gasteiger charge is -2.19. The van der Waals surface area contributed by atoms with Crippen molar-refractivity contribution in [1.82, 2.24) is 9.88 Å². The molecule has 21 heavy (non-hydrogen) atoms. The minimum Gasteiger partial charge on any atom is -0.358 e. The second kappa shape index (κ2) is 5.32. The van der Waals surface area contributed by atoms with Gasteiger partial charge in [-0.25, -0.2) is 0 Å². The average molecular weight is 296 g/mol. The second-order valence-electron chi connectivity index (χ2n) is 6.02. The molecule has 3 heteroatoms. The molecule has 4 rings (SSSR count). The molecule has 0 saturated carbocycles. The first-order valence-electron chi connectivity index (χ1n) is 7.64. The van der Waals surface area contributed by atoms with Crippen LogP contribution in [0.15, 0.2) is 35.7 Å². The minimum absolute atomic E-state index is 1.07. The molecule has 0 amide bonds. The molecular weight excluding hydrogens is 276 g/mol. The number of thiophene rings is 1. The Kier molecular flexibility index (Phi) is 3.32. The maximum Gasteiger partial charge on any atom is 0.0459 e. The van der Waals surface area contributed by atoms with Crippen LogP contribution in [-0.4, -0.2) is 16.4 Å². The van der Waals surface area contributed by atoms with Gasteiger partial charge in [0, 0.05) is 34.6 Å². The average Bonchev–Trinajstić information content (AvgIpc) is 3.03. The van der Waals surface area contributed by atoms with Gasteiger partial charge in [0.25, 0.3) is 0 Å². The lowest BCUT2D eigenvalue weighted by Crippen LogP contribution is -2.22. The minimum atomic E-state index is 1.07. The van der Waals surface area contributed by atoms with E-state index in [1.54, 1.807) is 0 Å². The van der Waals surface area contributed by atoms with Gasteiger partial charge in [0.2, 0.25) is 0 Å². The first kappa shape index (κ1) is 13.1. The van der Waals surface area contributed by atoms with Crippen LogP contribution in [0.25, 0.3) is 10.9 Å². The van der Waals surface area contributed by atoms with Gasteiger partial charge in [-0.15, -0.1) is 11.3 Å². The zero-order chi connectivity index (χ0) is 14.2. The molecule has 0 bridgehead atoms. The molecule has 0 unspecified atom stereocenters. The molecule has 1 aromatic carbocycles. The number of aromatic amines is 1. The largest absolute Gasteiger partial charge is 0.358 e. The summed E-state index contributed by atoms with van der Waals surface area (Å²) in [4.78, 5) is 7.70. The van der Waals surface area contributed by atoms with E-state index in [1.165, 1.54) is 52.0 Å². The molecule has 0 atom stereocenters. The van der Waals surface area contributed by atoms with Crippen molar-refractivity contribution in [2.75, 3.05) is 6.54 Å². The molecule has 3 heterocycles. The number of rotatable bonds is 2. The molecule has 1 aliphatic rings. The Morgan fingerprint density at radius 3 is 3.10 bits per heavy atom. The standard InChI is InChI=1S/C18H20N2S/c1-13-6-7-18-15(10-13)16-12-20(8-2-5-17(16)19-18)11-14-4-3-9-21-14/h3-4,6-7,9-10,19H,2,5,8,11-12H2,1H3. The molecule has 2 aromatic heterocycles. The summed E-state index contributed by atoms with van der Waals surface area (Å²) < 4.78 is 0. The highest BCUT2D eigenvalue weighted by Crippen LogP contribution is 2.29. The van der Waals surface area contributed by atoms with Crippen LogP contribution in [-0.2, 0) is 19.5 Å². The Balaban J connectivity index is 1.69. The molecule has 0 spiro atoms. The van der Waals surface area contributed by atoms with Crippen molar-refractivity contribution in [3.8, 4) is 0 Å².